The predicted octanol–water partition coefficient (Wildman–Crippen LogP) is 3.73. The standard InChI is InChI=1S/C18H17ClN4O/c19-15-7-1-2-8-16(15)24-11-13-5-4-10-23(13)18-14-6-3-9-20-17(14)21-12-22-18/h1-3,6-9,12-13H,4-5,10-11H2. The van der Waals surface area contributed by atoms with Crippen LogP contribution >= 0.6 is 11.6 Å². The summed E-state index contributed by atoms with van der Waals surface area (Å²) < 4.78 is 5.95. The third-order valence-electron chi connectivity index (χ3n) is 4.30. The fourth-order valence-electron chi connectivity index (χ4n) is 3.15. The largest absolute Gasteiger partial charge is 0.490 e. The van der Waals surface area contributed by atoms with Crippen LogP contribution in [0.4, 0.5) is 5.82 Å². The zero-order valence-electron chi connectivity index (χ0n) is 13.1. The second-order valence-corrected chi connectivity index (χ2v) is 6.21. The second-order valence-electron chi connectivity index (χ2n) is 5.80. The molecule has 0 amide bonds. The molecule has 0 bridgehead atoms. The average molecular weight is 341 g/mol. The molecule has 1 fully saturated rings. The lowest BCUT2D eigenvalue weighted by Crippen LogP contribution is -2.35. The number of nitrogens with zero attached hydrogens (tertiary/aromatic N) is 4. The Morgan fingerprint density at radius 1 is 1.12 bits per heavy atom. The molecule has 0 saturated carbocycles. The van der Waals surface area contributed by atoms with Gasteiger partial charge in [-0.25, -0.2) is 15.0 Å². The van der Waals surface area contributed by atoms with Gasteiger partial charge < -0.3 is 9.64 Å². The molecular weight excluding hydrogens is 324 g/mol. The molecule has 0 radical (unpaired) electrons. The Kier molecular flexibility index (Phi) is 4.17. The molecule has 1 atom stereocenters. The van der Waals surface area contributed by atoms with Crippen LogP contribution in [-0.4, -0.2) is 34.1 Å². The van der Waals surface area contributed by atoms with Gasteiger partial charge in [-0.3, -0.25) is 0 Å². The van der Waals surface area contributed by atoms with Gasteiger partial charge in [0.05, 0.1) is 16.5 Å². The van der Waals surface area contributed by atoms with Crippen LogP contribution in [0.25, 0.3) is 11.0 Å². The van der Waals surface area contributed by atoms with Crippen molar-refractivity contribution in [1.29, 1.82) is 0 Å². The molecule has 0 spiro atoms. The van der Waals surface area contributed by atoms with Gasteiger partial charge in [-0.1, -0.05) is 23.7 Å². The van der Waals surface area contributed by atoms with Gasteiger partial charge in [-0.05, 0) is 37.1 Å². The molecule has 5 nitrogen and oxygen atoms in total. The summed E-state index contributed by atoms with van der Waals surface area (Å²) >= 11 is 6.17. The summed E-state index contributed by atoms with van der Waals surface area (Å²) in [5.74, 6) is 1.65. The van der Waals surface area contributed by atoms with Crippen molar-refractivity contribution in [3.05, 3.63) is 53.9 Å². The van der Waals surface area contributed by atoms with Crippen LogP contribution < -0.4 is 9.64 Å². The van der Waals surface area contributed by atoms with Crippen LogP contribution in [0.2, 0.25) is 5.02 Å². The molecule has 0 aliphatic carbocycles. The Hall–Kier alpha value is -2.40. The van der Waals surface area contributed by atoms with Gasteiger partial charge in [0.25, 0.3) is 0 Å². The Morgan fingerprint density at radius 3 is 2.96 bits per heavy atom. The van der Waals surface area contributed by atoms with Gasteiger partial charge in [0.1, 0.15) is 24.5 Å². The highest BCUT2D eigenvalue weighted by Gasteiger charge is 2.28. The first-order valence-electron chi connectivity index (χ1n) is 8.02. The van der Waals surface area contributed by atoms with Crippen LogP contribution in [-0.2, 0) is 0 Å². The van der Waals surface area contributed by atoms with Gasteiger partial charge >= 0.3 is 0 Å². The normalized spacial score (nSPS) is 17.4. The summed E-state index contributed by atoms with van der Waals surface area (Å²) in [6.07, 6.45) is 5.51. The number of hydrogen-bond donors (Lipinski definition) is 0. The minimum Gasteiger partial charge on any atom is -0.490 e. The average Bonchev–Trinajstić information content (AvgIpc) is 3.09. The molecule has 4 rings (SSSR count). The van der Waals surface area contributed by atoms with E-state index in [0.29, 0.717) is 11.6 Å². The van der Waals surface area contributed by atoms with Crippen molar-refractivity contribution in [2.45, 2.75) is 18.9 Å². The van der Waals surface area contributed by atoms with E-state index < -0.39 is 0 Å². The van der Waals surface area contributed by atoms with Gasteiger partial charge in [0.2, 0.25) is 0 Å². The molecule has 0 N–H and O–H groups in total. The maximum atomic E-state index is 6.17. The summed E-state index contributed by atoms with van der Waals surface area (Å²) in [5, 5.41) is 1.61. The van der Waals surface area contributed by atoms with Crippen LogP contribution in [0.3, 0.4) is 0 Å². The maximum absolute atomic E-state index is 6.17. The van der Waals surface area contributed by atoms with Crippen molar-refractivity contribution < 1.29 is 4.74 Å². The van der Waals surface area contributed by atoms with E-state index >= 15 is 0 Å². The topological polar surface area (TPSA) is 51.1 Å². The van der Waals surface area contributed by atoms with E-state index in [1.54, 1.807) is 12.5 Å². The summed E-state index contributed by atoms with van der Waals surface area (Å²) in [5.41, 5.74) is 0.722. The van der Waals surface area contributed by atoms with Crippen molar-refractivity contribution in [3.8, 4) is 5.75 Å². The SMILES string of the molecule is Clc1ccccc1OCC1CCCN1c1ncnc2ncccc12. The lowest BCUT2D eigenvalue weighted by molar-refractivity contribution is 0.288. The van der Waals surface area contributed by atoms with Gasteiger partial charge in [0, 0.05) is 12.7 Å². The van der Waals surface area contributed by atoms with E-state index in [0.717, 1.165) is 42.0 Å². The number of hydrogen-bond acceptors (Lipinski definition) is 5. The predicted molar refractivity (Wildman–Crippen MR) is 94.6 cm³/mol. The maximum Gasteiger partial charge on any atom is 0.164 e. The number of rotatable bonds is 4. The van der Waals surface area contributed by atoms with E-state index in [9.17, 15) is 0 Å². The minimum atomic E-state index is 0.263. The fourth-order valence-corrected chi connectivity index (χ4v) is 3.34. The molecule has 122 valence electrons. The molecular formula is C18H17ClN4O. The number of aromatic nitrogens is 3. The van der Waals surface area contributed by atoms with Crippen molar-refractivity contribution in [3.63, 3.8) is 0 Å². The van der Waals surface area contributed by atoms with Gasteiger partial charge in [0.15, 0.2) is 5.65 Å². The smallest absolute Gasteiger partial charge is 0.164 e. The first-order valence-corrected chi connectivity index (χ1v) is 8.40. The van der Waals surface area contributed by atoms with E-state index in [2.05, 4.69) is 19.9 Å². The highest BCUT2D eigenvalue weighted by molar-refractivity contribution is 6.32. The molecule has 1 saturated heterocycles. The van der Waals surface area contributed by atoms with Crippen LogP contribution in [0, 0.1) is 0 Å². The molecule has 1 aliphatic heterocycles. The molecule has 6 heteroatoms. The number of pyridine rings is 1. The van der Waals surface area contributed by atoms with E-state index in [1.165, 1.54) is 0 Å². The highest BCUT2D eigenvalue weighted by atomic mass is 35.5. The fraction of sp³-hybridized carbons (Fsp3) is 0.278. The van der Waals surface area contributed by atoms with E-state index in [1.807, 2.05) is 36.4 Å². The summed E-state index contributed by atoms with van der Waals surface area (Å²) in [6.45, 7) is 1.53. The first-order chi connectivity index (χ1) is 11.8. The molecule has 1 aliphatic rings. The Bertz CT molecular complexity index is 852. The zero-order valence-corrected chi connectivity index (χ0v) is 13.9. The zero-order chi connectivity index (χ0) is 16.4. The first kappa shape index (κ1) is 15.1. The Balaban J connectivity index is 1.57. The molecule has 3 heterocycles. The number of halogens is 1. The van der Waals surface area contributed by atoms with Crippen molar-refractivity contribution in [1.82, 2.24) is 15.0 Å². The van der Waals surface area contributed by atoms with Crippen LogP contribution in [0.15, 0.2) is 48.9 Å². The minimum absolute atomic E-state index is 0.263. The number of fused-ring (bicyclic) bond motifs is 1. The number of anilines is 1. The molecule has 1 aromatic carbocycles. The third-order valence-corrected chi connectivity index (χ3v) is 4.62. The molecule has 24 heavy (non-hydrogen) atoms. The van der Waals surface area contributed by atoms with Crippen molar-refractivity contribution in [2.24, 2.45) is 0 Å². The number of benzene rings is 1. The summed E-state index contributed by atoms with van der Waals surface area (Å²) in [4.78, 5) is 15.4. The second kappa shape index (κ2) is 6.61. The van der Waals surface area contributed by atoms with Crippen LogP contribution in [0.1, 0.15) is 12.8 Å². The Morgan fingerprint density at radius 2 is 2.04 bits per heavy atom. The summed E-state index contributed by atoms with van der Waals surface area (Å²) in [7, 11) is 0. The number of para-hydroxylation sites is 1. The molecule has 2 aromatic heterocycles. The monoisotopic (exact) mass is 340 g/mol. The van der Waals surface area contributed by atoms with E-state index in [4.69, 9.17) is 16.3 Å². The Labute approximate surface area is 145 Å². The van der Waals surface area contributed by atoms with Crippen molar-refractivity contribution >= 4 is 28.5 Å². The highest BCUT2D eigenvalue weighted by Crippen LogP contribution is 2.30. The van der Waals surface area contributed by atoms with Gasteiger partial charge in [-0.15, -0.1) is 0 Å². The third kappa shape index (κ3) is 2.87. The lowest BCUT2D eigenvalue weighted by Gasteiger charge is -2.26. The number of ether oxygens (including phenoxy) is 1. The van der Waals surface area contributed by atoms with Crippen molar-refractivity contribution in [2.75, 3.05) is 18.1 Å². The quantitative estimate of drug-likeness (QED) is 0.724. The summed E-state index contributed by atoms with van der Waals surface area (Å²) in [6, 6.07) is 11.8. The molecule has 3 aromatic rings. The van der Waals surface area contributed by atoms with Crippen LogP contribution in [0.5, 0.6) is 5.75 Å². The van der Waals surface area contributed by atoms with Gasteiger partial charge in [-0.2, -0.15) is 0 Å². The van der Waals surface area contributed by atoms with E-state index in [-0.39, 0.29) is 6.04 Å². The molecule has 1 unspecified atom stereocenters. The lowest BCUT2D eigenvalue weighted by atomic mass is 10.2.